The van der Waals surface area contributed by atoms with Crippen molar-refractivity contribution in [2.24, 2.45) is 23.0 Å². The molecule has 0 heterocycles. The van der Waals surface area contributed by atoms with Crippen molar-refractivity contribution in [3.63, 3.8) is 0 Å². The minimum Gasteiger partial charge on any atom is -0.464 e. The molecule has 1 aromatic carbocycles. The van der Waals surface area contributed by atoms with Gasteiger partial charge in [0.1, 0.15) is 5.54 Å². The molecule has 2 aliphatic rings. The van der Waals surface area contributed by atoms with Crippen molar-refractivity contribution in [1.82, 2.24) is 0 Å². The Hall–Kier alpha value is -1.90. The lowest BCUT2D eigenvalue weighted by Crippen LogP contribution is -2.60. The summed E-state index contributed by atoms with van der Waals surface area (Å²) in [7, 11) is 0. The third kappa shape index (κ3) is 2.55. The second-order valence-electron chi connectivity index (χ2n) is 8.01. The molecule has 3 N–H and O–H groups in total. The van der Waals surface area contributed by atoms with Gasteiger partial charge in [-0.25, -0.2) is 4.79 Å². The lowest BCUT2D eigenvalue weighted by Gasteiger charge is -2.50. The molecule has 1 aromatic rings. The molecule has 26 heavy (non-hydrogen) atoms. The maximum Gasteiger partial charge on any atom is 0.331 e. The smallest absolute Gasteiger partial charge is 0.331 e. The first-order valence-corrected chi connectivity index (χ1v) is 9.50. The van der Waals surface area contributed by atoms with Crippen molar-refractivity contribution in [3.8, 4) is 6.07 Å². The number of ether oxygens (including phenoxy) is 1. The van der Waals surface area contributed by atoms with Crippen LogP contribution in [0.25, 0.3) is 0 Å². The van der Waals surface area contributed by atoms with E-state index in [1.54, 1.807) is 19.1 Å². The number of nitriles is 1. The Balaban J connectivity index is 2.16. The number of carbonyl (C=O) groups excluding carboxylic acids is 1. The fraction of sp³-hybridized carbons (Fsp3) is 0.619. The molecule has 5 nitrogen and oxygen atoms in total. The van der Waals surface area contributed by atoms with Crippen molar-refractivity contribution in [1.29, 1.82) is 5.26 Å². The quantitative estimate of drug-likeness (QED) is 0.812. The van der Waals surface area contributed by atoms with Crippen molar-refractivity contribution in [3.05, 3.63) is 34.9 Å². The number of aliphatic hydroxyl groups is 1. The van der Waals surface area contributed by atoms with E-state index in [4.69, 9.17) is 10.5 Å². The maximum absolute atomic E-state index is 13.1. The molecule has 0 aromatic heterocycles. The molecule has 0 radical (unpaired) electrons. The Morgan fingerprint density at radius 2 is 2.15 bits per heavy atom. The van der Waals surface area contributed by atoms with Crippen LogP contribution in [0, 0.1) is 28.6 Å². The highest BCUT2D eigenvalue weighted by atomic mass is 16.5. The molecular formula is C21H28N2O3. The molecule has 140 valence electrons. The molecule has 1 saturated carbocycles. The summed E-state index contributed by atoms with van der Waals surface area (Å²) < 4.78 is 5.41. The number of benzene rings is 1. The van der Waals surface area contributed by atoms with Gasteiger partial charge in [0, 0.05) is 5.41 Å². The summed E-state index contributed by atoms with van der Waals surface area (Å²) in [5.74, 6) is -0.274. The van der Waals surface area contributed by atoms with E-state index in [0.717, 1.165) is 12.0 Å². The largest absolute Gasteiger partial charge is 0.464 e. The van der Waals surface area contributed by atoms with Gasteiger partial charge >= 0.3 is 5.97 Å². The van der Waals surface area contributed by atoms with E-state index < -0.39 is 16.9 Å². The normalized spacial score (nSPS) is 35.8. The molecule has 0 bridgehead atoms. The fourth-order valence-electron chi connectivity index (χ4n) is 5.29. The summed E-state index contributed by atoms with van der Waals surface area (Å²) in [5, 5.41) is 19.9. The molecule has 0 amide bonds. The number of nitrogens with two attached hydrogens (primary N) is 1. The van der Waals surface area contributed by atoms with Gasteiger partial charge in [0.25, 0.3) is 0 Å². The monoisotopic (exact) mass is 356 g/mol. The summed E-state index contributed by atoms with van der Waals surface area (Å²) in [5.41, 5.74) is 7.34. The van der Waals surface area contributed by atoms with Gasteiger partial charge in [0.2, 0.25) is 0 Å². The molecule has 0 aliphatic heterocycles. The molecular weight excluding hydrogens is 328 g/mol. The lowest BCUT2D eigenvalue weighted by molar-refractivity contribution is -0.161. The fourth-order valence-corrected chi connectivity index (χ4v) is 5.29. The highest BCUT2D eigenvalue weighted by Gasteiger charge is 2.63. The Bertz CT molecular complexity index is 756. The highest BCUT2D eigenvalue weighted by Crippen LogP contribution is 2.59. The molecule has 3 rings (SSSR count). The van der Waals surface area contributed by atoms with Gasteiger partial charge in [-0.3, -0.25) is 0 Å². The first-order valence-electron chi connectivity index (χ1n) is 9.50. The first-order chi connectivity index (χ1) is 12.3. The third-order valence-corrected chi connectivity index (χ3v) is 6.58. The highest BCUT2D eigenvalue weighted by molar-refractivity contribution is 5.86. The van der Waals surface area contributed by atoms with E-state index >= 15 is 0 Å². The summed E-state index contributed by atoms with van der Waals surface area (Å²) in [4.78, 5) is 13.1. The second-order valence-corrected chi connectivity index (χ2v) is 8.01. The number of aliphatic hydroxyl groups excluding tert-OH is 1. The summed E-state index contributed by atoms with van der Waals surface area (Å²) >= 11 is 0. The Morgan fingerprint density at radius 1 is 1.42 bits per heavy atom. The van der Waals surface area contributed by atoms with E-state index in [9.17, 15) is 15.2 Å². The topological polar surface area (TPSA) is 96.3 Å². The standard InChI is InChI=1S/C21H28N2O3/c1-4-15-10-20(9-13(3)18(15)24)11-16-7-6-14(12-22)8-17(16)21(20,23)19(25)26-5-2/h6-8,13,15,18,24H,4-5,9-11,23H2,1-3H3. The van der Waals surface area contributed by atoms with Gasteiger partial charge in [-0.1, -0.05) is 26.3 Å². The average Bonchev–Trinajstić information content (AvgIpc) is 2.87. The lowest BCUT2D eigenvalue weighted by atomic mass is 9.56. The van der Waals surface area contributed by atoms with Gasteiger partial charge in [-0.05, 0) is 61.3 Å². The van der Waals surface area contributed by atoms with Crippen LogP contribution >= 0.6 is 0 Å². The van der Waals surface area contributed by atoms with Gasteiger partial charge in [-0.2, -0.15) is 5.26 Å². The predicted octanol–water partition coefficient (Wildman–Crippen LogP) is 2.63. The zero-order valence-corrected chi connectivity index (χ0v) is 15.8. The Labute approximate surface area is 155 Å². The van der Waals surface area contributed by atoms with E-state index in [2.05, 4.69) is 13.0 Å². The van der Waals surface area contributed by atoms with Crippen LogP contribution in [-0.2, 0) is 21.5 Å². The zero-order chi connectivity index (χ0) is 19.1. The van der Waals surface area contributed by atoms with Gasteiger partial charge in [0.15, 0.2) is 0 Å². The average molecular weight is 356 g/mol. The zero-order valence-electron chi connectivity index (χ0n) is 15.8. The van der Waals surface area contributed by atoms with Crippen LogP contribution in [0.15, 0.2) is 18.2 Å². The second kappa shape index (κ2) is 6.68. The van der Waals surface area contributed by atoms with Crippen LogP contribution in [0.1, 0.15) is 56.7 Å². The summed E-state index contributed by atoms with van der Waals surface area (Å²) in [6.07, 6.45) is 2.48. The number of nitrogens with zero attached hydrogens (tertiary/aromatic N) is 1. The molecule has 1 spiro atoms. The van der Waals surface area contributed by atoms with E-state index in [-0.39, 0.29) is 24.5 Å². The van der Waals surface area contributed by atoms with E-state index in [0.29, 0.717) is 30.4 Å². The minimum atomic E-state index is -1.28. The number of fused-ring (bicyclic) bond motifs is 1. The number of hydrogen-bond acceptors (Lipinski definition) is 5. The van der Waals surface area contributed by atoms with Gasteiger partial charge < -0.3 is 15.6 Å². The van der Waals surface area contributed by atoms with Crippen LogP contribution in [0.4, 0.5) is 0 Å². The summed E-state index contributed by atoms with van der Waals surface area (Å²) in [6, 6.07) is 7.59. The molecule has 5 unspecified atom stereocenters. The first kappa shape index (κ1) is 18.9. The van der Waals surface area contributed by atoms with Crippen molar-refractivity contribution >= 4 is 5.97 Å². The Morgan fingerprint density at radius 3 is 2.77 bits per heavy atom. The number of hydrogen-bond donors (Lipinski definition) is 2. The summed E-state index contributed by atoms with van der Waals surface area (Å²) in [6.45, 7) is 6.13. The molecule has 0 saturated heterocycles. The SMILES string of the molecule is CCOC(=O)C1(N)c2cc(C#N)ccc2CC12CC(C)C(O)C(CC)C2. The van der Waals surface area contributed by atoms with E-state index in [1.165, 1.54) is 0 Å². The van der Waals surface area contributed by atoms with Crippen LogP contribution in [-0.4, -0.2) is 23.8 Å². The van der Waals surface area contributed by atoms with Crippen LogP contribution in [0.2, 0.25) is 0 Å². The number of esters is 1. The van der Waals surface area contributed by atoms with Crippen LogP contribution in [0.3, 0.4) is 0 Å². The third-order valence-electron chi connectivity index (χ3n) is 6.58. The Kier molecular flexibility index (Phi) is 4.85. The van der Waals surface area contributed by atoms with Gasteiger partial charge in [0.05, 0.1) is 24.3 Å². The minimum absolute atomic E-state index is 0.0517. The van der Waals surface area contributed by atoms with Crippen LogP contribution in [0.5, 0.6) is 0 Å². The number of rotatable bonds is 3. The number of carbonyl (C=O) groups is 1. The maximum atomic E-state index is 13.1. The molecule has 2 aliphatic carbocycles. The predicted molar refractivity (Wildman–Crippen MR) is 98.0 cm³/mol. The van der Waals surface area contributed by atoms with Gasteiger partial charge in [-0.15, -0.1) is 0 Å². The van der Waals surface area contributed by atoms with Crippen molar-refractivity contribution in [2.45, 2.75) is 58.1 Å². The molecule has 1 fully saturated rings. The molecule has 5 atom stereocenters. The van der Waals surface area contributed by atoms with Crippen molar-refractivity contribution in [2.75, 3.05) is 6.61 Å². The van der Waals surface area contributed by atoms with Crippen LogP contribution < -0.4 is 5.73 Å². The van der Waals surface area contributed by atoms with E-state index in [1.807, 2.05) is 13.0 Å². The van der Waals surface area contributed by atoms with Crippen molar-refractivity contribution < 1.29 is 14.6 Å². The molecule has 5 heteroatoms.